The third-order valence-corrected chi connectivity index (χ3v) is 5.21. The van der Waals surface area contributed by atoms with E-state index in [1.165, 1.54) is 4.88 Å². The molecule has 2 aromatic rings. The van der Waals surface area contributed by atoms with Gasteiger partial charge in [-0.25, -0.2) is 4.98 Å². The van der Waals surface area contributed by atoms with Crippen LogP contribution in [0.4, 0.5) is 5.13 Å². The molecule has 0 saturated heterocycles. The molecule has 1 heterocycles. The number of hydrogen-bond donors (Lipinski definition) is 1. The highest BCUT2D eigenvalue weighted by molar-refractivity contribution is 7.15. The summed E-state index contributed by atoms with van der Waals surface area (Å²) in [5.41, 5.74) is 8.06. The van der Waals surface area contributed by atoms with Gasteiger partial charge in [-0.1, -0.05) is 43.6 Å². The van der Waals surface area contributed by atoms with Crippen molar-refractivity contribution in [3.63, 3.8) is 0 Å². The largest absolute Gasteiger partial charge is 0.344 e. The van der Waals surface area contributed by atoms with Crippen molar-refractivity contribution in [3.8, 4) is 0 Å². The molecule has 0 radical (unpaired) electrons. The lowest BCUT2D eigenvalue weighted by molar-refractivity contribution is 0.729. The quantitative estimate of drug-likeness (QED) is 0.876. The number of rotatable bonds is 5. The first-order chi connectivity index (χ1) is 9.95. The fourth-order valence-corrected chi connectivity index (χ4v) is 3.72. The van der Waals surface area contributed by atoms with Gasteiger partial charge in [-0.2, -0.15) is 0 Å². The zero-order chi connectivity index (χ0) is 15.6. The van der Waals surface area contributed by atoms with Crippen LogP contribution in [0.15, 0.2) is 24.3 Å². The molecule has 0 bridgehead atoms. The summed E-state index contributed by atoms with van der Waals surface area (Å²) in [4.78, 5) is 8.11. The van der Waals surface area contributed by atoms with E-state index in [9.17, 15) is 0 Å². The normalized spacial score (nSPS) is 12.7. The first kappa shape index (κ1) is 16.3. The summed E-state index contributed by atoms with van der Waals surface area (Å²) < 4.78 is 0. The molecule has 2 rings (SSSR count). The van der Waals surface area contributed by atoms with Gasteiger partial charge in [-0.3, -0.25) is 0 Å². The molecule has 21 heavy (non-hydrogen) atoms. The Morgan fingerprint density at radius 1 is 1.29 bits per heavy atom. The second-order valence-corrected chi connectivity index (χ2v) is 6.94. The summed E-state index contributed by atoms with van der Waals surface area (Å²) in [7, 11) is 2.05. The summed E-state index contributed by atoms with van der Waals surface area (Å²) in [5.74, 6) is 0.387. The second-order valence-electron chi connectivity index (χ2n) is 5.47. The first-order valence-electron chi connectivity index (χ1n) is 7.12. The number of hydrogen-bond acceptors (Lipinski definition) is 4. The number of halogens is 1. The molecule has 0 aliphatic rings. The van der Waals surface area contributed by atoms with Gasteiger partial charge in [0.1, 0.15) is 0 Å². The number of nitrogens with two attached hydrogens (primary N) is 1. The van der Waals surface area contributed by atoms with Crippen molar-refractivity contribution >= 4 is 28.1 Å². The van der Waals surface area contributed by atoms with E-state index in [2.05, 4.69) is 38.8 Å². The fraction of sp³-hybridized carbons (Fsp3) is 0.438. The molecule has 2 N–H and O–H groups in total. The highest BCUT2D eigenvalue weighted by Gasteiger charge is 2.20. The summed E-state index contributed by atoms with van der Waals surface area (Å²) >= 11 is 7.97. The Hall–Kier alpha value is -1.10. The van der Waals surface area contributed by atoms with Crippen LogP contribution in [0.25, 0.3) is 0 Å². The van der Waals surface area contributed by atoms with Crippen molar-refractivity contribution in [2.45, 2.75) is 39.3 Å². The smallest absolute Gasteiger partial charge is 0.186 e. The van der Waals surface area contributed by atoms with Crippen LogP contribution in [0.3, 0.4) is 0 Å². The molecule has 1 atom stereocenters. The van der Waals surface area contributed by atoms with Gasteiger partial charge >= 0.3 is 0 Å². The van der Waals surface area contributed by atoms with Crippen molar-refractivity contribution in [1.82, 2.24) is 4.98 Å². The molecule has 5 heteroatoms. The molecule has 0 amide bonds. The summed E-state index contributed by atoms with van der Waals surface area (Å²) in [6.45, 7) is 6.98. The number of benzene rings is 1. The third-order valence-electron chi connectivity index (χ3n) is 3.69. The molecule has 114 valence electrons. The van der Waals surface area contributed by atoms with Gasteiger partial charge in [0.25, 0.3) is 0 Å². The van der Waals surface area contributed by atoms with Crippen LogP contribution < -0.4 is 10.6 Å². The molecule has 0 saturated carbocycles. The van der Waals surface area contributed by atoms with Crippen LogP contribution in [0.1, 0.15) is 48.9 Å². The lowest BCUT2D eigenvalue weighted by atomic mass is 10.1. The lowest BCUT2D eigenvalue weighted by Gasteiger charge is -2.25. The maximum Gasteiger partial charge on any atom is 0.186 e. The molecular formula is C16H22ClN3S. The maximum atomic E-state index is 6.30. The van der Waals surface area contributed by atoms with E-state index >= 15 is 0 Å². The van der Waals surface area contributed by atoms with E-state index in [0.29, 0.717) is 12.5 Å². The minimum Gasteiger partial charge on any atom is -0.344 e. The van der Waals surface area contributed by atoms with Gasteiger partial charge < -0.3 is 10.6 Å². The molecule has 1 unspecified atom stereocenters. The van der Waals surface area contributed by atoms with Crippen LogP contribution in [-0.4, -0.2) is 12.0 Å². The zero-order valence-electron chi connectivity index (χ0n) is 12.9. The van der Waals surface area contributed by atoms with Gasteiger partial charge in [0, 0.05) is 23.5 Å². The van der Waals surface area contributed by atoms with E-state index in [4.69, 9.17) is 22.3 Å². The summed E-state index contributed by atoms with van der Waals surface area (Å²) in [5, 5.41) is 1.78. The molecular weight excluding hydrogens is 302 g/mol. The fourth-order valence-electron chi connectivity index (χ4n) is 2.29. The molecule has 0 aliphatic heterocycles. The predicted octanol–water partition coefficient (Wildman–Crippen LogP) is 4.58. The molecule has 0 aliphatic carbocycles. The average Bonchev–Trinajstić information content (AvgIpc) is 2.90. The van der Waals surface area contributed by atoms with Gasteiger partial charge in [-0.15, -0.1) is 11.3 Å². The van der Waals surface area contributed by atoms with E-state index in [1.807, 2.05) is 18.2 Å². The highest BCUT2D eigenvalue weighted by Crippen LogP contribution is 2.35. The Morgan fingerprint density at radius 2 is 1.95 bits per heavy atom. The SMILES string of the molecule is CC(C)c1nc(N(C)C(C)c2ccccc2Cl)sc1CN. The van der Waals surface area contributed by atoms with Crippen molar-refractivity contribution < 1.29 is 0 Å². The van der Waals surface area contributed by atoms with Crippen molar-refractivity contribution in [3.05, 3.63) is 45.4 Å². The van der Waals surface area contributed by atoms with Crippen LogP contribution in [-0.2, 0) is 6.54 Å². The molecule has 3 nitrogen and oxygen atoms in total. The molecule has 1 aromatic heterocycles. The average molecular weight is 324 g/mol. The minimum absolute atomic E-state index is 0.162. The van der Waals surface area contributed by atoms with Crippen molar-refractivity contribution in [2.75, 3.05) is 11.9 Å². The Kier molecular flexibility index (Phi) is 5.25. The number of thiazole rings is 1. The lowest BCUT2D eigenvalue weighted by Crippen LogP contribution is -2.21. The number of aromatic nitrogens is 1. The monoisotopic (exact) mass is 323 g/mol. The van der Waals surface area contributed by atoms with E-state index in [0.717, 1.165) is 21.4 Å². The van der Waals surface area contributed by atoms with Gasteiger partial charge in [-0.05, 0) is 24.5 Å². The van der Waals surface area contributed by atoms with Crippen molar-refractivity contribution in [1.29, 1.82) is 0 Å². The minimum atomic E-state index is 0.162. The Morgan fingerprint density at radius 3 is 2.48 bits per heavy atom. The van der Waals surface area contributed by atoms with Gasteiger partial charge in [0.2, 0.25) is 0 Å². The Labute approximate surface area is 135 Å². The van der Waals surface area contributed by atoms with Crippen LogP contribution in [0, 0.1) is 0 Å². The van der Waals surface area contributed by atoms with Crippen molar-refractivity contribution in [2.24, 2.45) is 5.73 Å². The Balaban J connectivity index is 2.31. The summed E-state index contributed by atoms with van der Waals surface area (Å²) in [6.07, 6.45) is 0. The van der Waals surface area contributed by atoms with Crippen LogP contribution >= 0.6 is 22.9 Å². The van der Waals surface area contributed by atoms with E-state index in [-0.39, 0.29) is 6.04 Å². The van der Waals surface area contributed by atoms with Crippen LogP contribution in [0.5, 0.6) is 0 Å². The summed E-state index contributed by atoms with van der Waals surface area (Å²) in [6, 6.07) is 8.11. The Bertz CT molecular complexity index is 609. The second kappa shape index (κ2) is 6.77. The van der Waals surface area contributed by atoms with Gasteiger partial charge in [0.15, 0.2) is 5.13 Å². The topological polar surface area (TPSA) is 42.2 Å². The number of anilines is 1. The van der Waals surface area contributed by atoms with E-state index in [1.54, 1.807) is 11.3 Å². The standard InChI is InChI=1S/C16H22ClN3S/c1-10(2)15-14(9-18)21-16(19-15)20(4)11(3)12-7-5-6-8-13(12)17/h5-8,10-11H,9,18H2,1-4H3. The zero-order valence-corrected chi connectivity index (χ0v) is 14.5. The predicted molar refractivity (Wildman–Crippen MR) is 92.4 cm³/mol. The maximum absolute atomic E-state index is 6.30. The van der Waals surface area contributed by atoms with Crippen LogP contribution in [0.2, 0.25) is 5.02 Å². The third kappa shape index (κ3) is 3.39. The first-order valence-corrected chi connectivity index (χ1v) is 8.32. The molecule has 1 aromatic carbocycles. The molecule has 0 fully saturated rings. The van der Waals surface area contributed by atoms with Gasteiger partial charge in [0.05, 0.1) is 11.7 Å². The highest BCUT2D eigenvalue weighted by atomic mass is 35.5. The van der Waals surface area contributed by atoms with E-state index < -0.39 is 0 Å². The number of nitrogens with zero attached hydrogens (tertiary/aromatic N) is 2. The molecule has 0 spiro atoms.